The number of carbonyl (C=O) groups excluding carboxylic acids is 1. The maximum absolute atomic E-state index is 13.8. The van der Waals surface area contributed by atoms with E-state index in [4.69, 9.17) is 23.7 Å². The maximum Gasteiger partial charge on any atom is 0.308 e. The lowest BCUT2D eigenvalue weighted by molar-refractivity contribution is -0.870. The molecule has 3 aliphatic heterocycles. The van der Waals surface area contributed by atoms with E-state index in [1.165, 1.54) is 0 Å². The number of carboxylic acid groups (broad SMARTS) is 1. The number of fused-ring (bicyclic) bond motifs is 1. The molecule has 3 unspecified atom stereocenters. The zero-order chi connectivity index (χ0) is 29.6. The molecular formula is C30H48N3O8+. The van der Waals surface area contributed by atoms with Crippen molar-refractivity contribution in [2.24, 2.45) is 5.92 Å². The van der Waals surface area contributed by atoms with Crippen molar-refractivity contribution in [3.05, 3.63) is 17.7 Å². The van der Waals surface area contributed by atoms with Gasteiger partial charge in [0, 0.05) is 38.0 Å². The van der Waals surface area contributed by atoms with E-state index in [1.54, 1.807) is 7.11 Å². The lowest BCUT2D eigenvalue weighted by Gasteiger charge is -2.31. The summed E-state index contributed by atoms with van der Waals surface area (Å²) in [6.45, 7) is 6.28. The summed E-state index contributed by atoms with van der Waals surface area (Å²) in [6.07, 6.45) is 3.62. The van der Waals surface area contributed by atoms with E-state index in [1.807, 2.05) is 17.0 Å². The van der Waals surface area contributed by atoms with Crippen LogP contribution in [0.15, 0.2) is 12.1 Å². The number of unbranched alkanes of at least 4 members (excludes halogenated alkanes) is 1. The molecule has 0 radical (unpaired) electrons. The summed E-state index contributed by atoms with van der Waals surface area (Å²) in [7, 11) is 8.02. The van der Waals surface area contributed by atoms with Crippen LogP contribution in [0.4, 0.5) is 0 Å². The van der Waals surface area contributed by atoms with Crippen LogP contribution in [0.3, 0.4) is 0 Å². The van der Waals surface area contributed by atoms with Crippen LogP contribution in [0.2, 0.25) is 0 Å². The van der Waals surface area contributed by atoms with Crippen LogP contribution in [0.1, 0.15) is 50.5 Å². The Labute approximate surface area is 243 Å². The third-order valence-electron chi connectivity index (χ3n) is 8.26. The fraction of sp³-hybridized carbons (Fsp3) is 0.733. The third kappa shape index (κ3) is 8.03. The molecule has 2 saturated heterocycles. The van der Waals surface area contributed by atoms with Crippen molar-refractivity contribution in [2.75, 3.05) is 81.0 Å². The first-order valence-corrected chi connectivity index (χ1v) is 14.9. The third-order valence-corrected chi connectivity index (χ3v) is 8.26. The van der Waals surface area contributed by atoms with Crippen molar-refractivity contribution in [3.8, 4) is 17.2 Å². The fourth-order valence-corrected chi connectivity index (χ4v) is 6.15. The molecule has 0 saturated carbocycles. The highest BCUT2D eigenvalue weighted by atomic mass is 16.7. The first-order chi connectivity index (χ1) is 19.6. The van der Waals surface area contributed by atoms with Crippen molar-refractivity contribution in [3.63, 3.8) is 0 Å². The number of carboxylic acids is 1. The van der Waals surface area contributed by atoms with E-state index in [2.05, 4.69) is 33.0 Å². The molecular weight excluding hydrogens is 530 g/mol. The van der Waals surface area contributed by atoms with Gasteiger partial charge < -0.3 is 38.2 Å². The standard InChI is InChI=1S/C30H47N3O8/c1-6-7-11-31(12-8-13-33(2,3)4)26(34)19-32-18-22(21-16-24(37-5)29-25(17-21)40-20-41-29)28(30(35)36)23(32)9-10-27-38-14-15-39-27/h16-17,22-23,27-28H,6-15,18-20H2,1-5H3/p+1. The Hall–Kier alpha value is -2.60. The summed E-state index contributed by atoms with van der Waals surface area (Å²) in [5, 5.41) is 10.5. The second-order valence-corrected chi connectivity index (χ2v) is 12.3. The van der Waals surface area contributed by atoms with Crippen molar-refractivity contribution in [2.45, 2.75) is 57.3 Å². The number of likely N-dealkylation sites (tertiary alicyclic amines) is 1. The van der Waals surface area contributed by atoms with Gasteiger partial charge in [0.2, 0.25) is 18.4 Å². The predicted octanol–water partition coefficient (Wildman–Crippen LogP) is 2.77. The van der Waals surface area contributed by atoms with Gasteiger partial charge in [-0.1, -0.05) is 13.3 Å². The molecule has 3 atom stereocenters. The Bertz CT molecular complexity index is 1040. The van der Waals surface area contributed by atoms with Gasteiger partial charge in [-0.15, -0.1) is 0 Å². The molecule has 11 heteroatoms. The minimum atomic E-state index is -0.884. The molecule has 3 heterocycles. The second kappa shape index (κ2) is 14.0. The number of hydrogen-bond donors (Lipinski definition) is 1. The molecule has 1 N–H and O–H groups in total. The number of quaternary nitrogens is 1. The number of hydrogen-bond acceptors (Lipinski definition) is 8. The average Bonchev–Trinajstić information content (AvgIpc) is 3.68. The molecule has 0 aromatic heterocycles. The molecule has 0 bridgehead atoms. The monoisotopic (exact) mass is 578 g/mol. The highest BCUT2D eigenvalue weighted by molar-refractivity contribution is 5.79. The summed E-state index contributed by atoms with van der Waals surface area (Å²) in [5.74, 6) is -0.332. The number of amides is 1. The SMILES string of the molecule is CCCCN(CCC[N+](C)(C)C)C(=O)CN1CC(c2cc(OC)c3c(c2)OCO3)C(C(=O)O)C1CCC1OCCO1. The van der Waals surface area contributed by atoms with Crippen molar-refractivity contribution >= 4 is 11.9 Å². The lowest BCUT2D eigenvalue weighted by atomic mass is 9.83. The molecule has 1 aromatic rings. The van der Waals surface area contributed by atoms with Gasteiger partial charge in [-0.05, 0) is 37.0 Å². The van der Waals surface area contributed by atoms with Crippen molar-refractivity contribution < 1.29 is 42.9 Å². The van der Waals surface area contributed by atoms with Gasteiger partial charge in [-0.3, -0.25) is 14.5 Å². The summed E-state index contributed by atoms with van der Waals surface area (Å²) in [4.78, 5) is 30.6. The first kappa shape index (κ1) is 31.3. The molecule has 1 amide bonds. The molecule has 11 nitrogen and oxygen atoms in total. The Morgan fingerprint density at radius 3 is 2.49 bits per heavy atom. The van der Waals surface area contributed by atoms with Gasteiger partial charge in [0.25, 0.3) is 0 Å². The molecule has 1 aromatic carbocycles. The fourth-order valence-electron chi connectivity index (χ4n) is 6.15. The zero-order valence-corrected chi connectivity index (χ0v) is 25.3. The first-order valence-electron chi connectivity index (χ1n) is 14.9. The molecule has 0 spiro atoms. The van der Waals surface area contributed by atoms with E-state index >= 15 is 0 Å². The predicted molar refractivity (Wildman–Crippen MR) is 152 cm³/mol. The van der Waals surface area contributed by atoms with Gasteiger partial charge in [0.1, 0.15) is 0 Å². The maximum atomic E-state index is 13.8. The Morgan fingerprint density at radius 2 is 1.83 bits per heavy atom. The quantitative estimate of drug-likeness (QED) is 0.315. The number of carbonyl (C=O) groups is 2. The number of rotatable bonds is 15. The topological polar surface area (TPSA) is 107 Å². The van der Waals surface area contributed by atoms with Crippen molar-refractivity contribution in [1.82, 2.24) is 9.80 Å². The minimum absolute atomic E-state index is 0.0475. The molecule has 230 valence electrons. The smallest absolute Gasteiger partial charge is 0.308 e. The van der Waals surface area contributed by atoms with Crippen LogP contribution in [0, 0.1) is 5.92 Å². The second-order valence-electron chi connectivity index (χ2n) is 12.3. The zero-order valence-electron chi connectivity index (χ0n) is 25.3. The summed E-state index contributed by atoms with van der Waals surface area (Å²) in [5.41, 5.74) is 0.803. The minimum Gasteiger partial charge on any atom is -0.493 e. The molecule has 2 fully saturated rings. The molecule has 4 rings (SSSR count). The van der Waals surface area contributed by atoms with Gasteiger partial charge in [0.15, 0.2) is 17.8 Å². The highest BCUT2D eigenvalue weighted by Crippen LogP contribution is 2.47. The normalized spacial score (nSPS) is 22.8. The van der Waals surface area contributed by atoms with Crippen LogP contribution in [-0.2, 0) is 19.1 Å². The lowest BCUT2D eigenvalue weighted by Crippen LogP contribution is -2.45. The molecule has 0 aliphatic carbocycles. The van der Waals surface area contributed by atoms with E-state index in [0.29, 0.717) is 62.9 Å². The Morgan fingerprint density at radius 1 is 1.10 bits per heavy atom. The summed E-state index contributed by atoms with van der Waals surface area (Å²) < 4.78 is 28.9. The van der Waals surface area contributed by atoms with Crippen LogP contribution >= 0.6 is 0 Å². The number of aliphatic carboxylic acids is 1. The molecule has 3 aliphatic rings. The van der Waals surface area contributed by atoms with E-state index < -0.39 is 11.9 Å². The Balaban J connectivity index is 1.58. The van der Waals surface area contributed by atoms with Crippen molar-refractivity contribution in [1.29, 1.82) is 0 Å². The van der Waals surface area contributed by atoms with E-state index in [-0.39, 0.29) is 37.5 Å². The average molecular weight is 579 g/mol. The van der Waals surface area contributed by atoms with Gasteiger partial charge in [-0.25, -0.2) is 0 Å². The number of benzene rings is 1. The van der Waals surface area contributed by atoms with Gasteiger partial charge >= 0.3 is 5.97 Å². The molecule has 41 heavy (non-hydrogen) atoms. The number of ether oxygens (including phenoxy) is 5. The largest absolute Gasteiger partial charge is 0.493 e. The van der Waals surface area contributed by atoms with E-state index in [0.717, 1.165) is 35.9 Å². The summed E-state index contributed by atoms with van der Waals surface area (Å²) >= 11 is 0. The summed E-state index contributed by atoms with van der Waals surface area (Å²) in [6, 6.07) is 3.35. The Kier molecular flexibility index (Phi) is 10.7. The highest BCUT2D eigenvalue weighted by Gasteiger charge is 2.48. The number of methoxy groups -OCH3 is 1. The number of nitrogens with zero attached hydrogens (tertiary/aromatic N) is 3. The van der Waals surface area contributed by atoms with Crippen LogP contribution in [-0.4, -0.2) is 125 Å². The van der Waals surface area contributed by atoms with E-state index in [9.17, 15) is 14.7 Å². The van der Waals surface area contributed by atoms with Crippen LogP contribution < -0.4 is 14.2 Å². The van der Waals surface area contributed by atoms with Crippen LogP contribution in [0.25, 0.3) is 0 Å². The van der Waals surface area contributed by atoms with Gasteiger partial charge in [-0.2, -0.15) is 0 Å². The van der Waals surface area contributed by atoms with Gasteiger partial charge in [0.05, 0.1) is 60.5 Å². The van der Waals surface area contributed by atoms with Crippen LogP contribution in [0.5, 0.6) is 17.2 Å².